The lowest BCUT2D eigenvalue weighted by Gasteiger charge is -2.24. The molecule has 2 fully saturated rings. The Morgan fingerprint density at radius 1 is 1.32 bits per heavy atom. The number of rotatable bonds is 8. The van der Waals surface area contributed by atoms with E-state index in [1.165, 1.54) is 12.0 Å². The second-order valence-corrected chi connectivity index (χ2v) is 7.37. The van der Waals surface area contributed by atoms with Gasteiger partial charge in [0.15, 0.2) is 5.96 Å². The lowest BCUT2D eigenvalue weighted by molar-refractivity contribution is 0.131. The van der Waals surface area contributed by atoms with Crippen LogP contribution in [0.15, 0.2) is 35.3 Å². The quantitative estimate of drug-likeness (QED) is 0.499. The Kier molecular flexibility index (Phi) is 6.32. The number of aliphatic hydroxyl groups excluding tert-OH is 1. The molecule has 1 aromatic rings. The van der Waals surface area contributed by atoms with Crippen LogP contribution >= 0.6 is 0 Å². The van der Waals surface area contributed by atoms with Gasteiger partial charge in [0, 0.05) is 31.7 Å². The van der Waals surface area contributed by atoms with Gasteiger partial charge < -0.3 is 20.5 Å². The molecule has 5 nitrogen and oxygen atoms in total. The van der Waals surface area contributed by atoms with Crippen LogP contribution in [0.1, 0.15) is 37.7 Å². The molecule has 0 spiro atoms. The summed E-state index contributed by atoms with van der Waals surface area (Å²) in [5.74, 6) is 2.25. The Hall–Kier alpha value is -1.59. The summed E-state index contributed by atoms with van der Waals surface area (Å²) in [6.07, 6.45) is 2.99. The summed E-state index contributed by atoms with van der Waals surface area (Å²) in [6.45, 7) is 6.27. The zero-order chi connectivity index (χ0) is 17.5. The average molecular weight is 345 g/mol. The molecular formula is C20H31N3O2. The van der Waals surface area contributed by atoms with Gasteiger partial charge in [0.1, 0.15) is 0 Å². The van der Waals surface area contributed by atoms with Gasteiger partial charge in [-0.2, -0.15) is 0 Å². The van der Waals surface area contributed by atoms with Crippen LogP contribution in [0, 0.1) is 11.3 Å². The van der Waals surface area contributed by atoms with Crippen LogP contribution in [0.5, 0.6) is 0 Å². The van der Waals surface area contributed by atoms with Crippen LogP contribution in [-0.4, -0.2) is 50.5 Å². The molecular weight excluding hydrogens is 314 g/mol. The highest BCUT2D eigenvalue weighted by atomic mass is 16.5. The predicted octanol–water partition coefficient (Wildman–Crippen LogP) is 2.13. The molecule has 138 valence electrons. The first-order chi connectivity index (χ1) is 12.3. The maximum Gasteiger partial charge on any atom is 0.191 e. The van der Waals surface area contributed by atoms with E-state index in [-0.39, 0.29) is 12.0 Å². The van der Waals surface area contributed by atoms with E-state index < -0.39 is 0 Å². The van der Waals surface area contributed by atoms with Crippen LogP contribution < -0.4 is 10.6 Å². The molecule has 3 atom stereocenters. The fourth-order valence-electron chi connectivity index (χ4n) is 3.69. The van der Waals surface area contributed by atoms with Gasteiger partial charge in [-0.05, 0) is 43.6 Å². The Morgan fingerprint density at radius 2 is 2.16 bits per heavy atom. The predicted molar refractivity (Wildman–Crippen MR) is 101 cm³/mol. The Morgan fingerprint density at radius 3 is 2.84 bits per heavy atom. The first-order valence-corrected chi connectivity index (χ1v) is 9.52. The molecule has 2 aliphatic rings. The van der Waals surface area contributed by atoms with Crippen molar-refractivity contribution in [2.24, 2.45) is 16.3 Å². The molecule has 0 bridgehead atoms. The smallest absolute Gasteiger partial charge is 0.191 e. The van der Waals surface area contributed by atoms with Crippen LogP contribution in [0.25, 0.3) is 0 Å². The number of nitrogens with one attached hydrogen (secondary N) is 2. The molecule has 1 heterocycles. The van der Waals surface area contributed by atoms with E-state index in [9.17, 15) is 5.11 Å². The van der Waals surface area contributed by atoms with Crippen molar-refractivity contribution in [2.75, 3.05) is 39.5 Å². The van der Waals surface area contributed by atoms with Gasteiger partial charge in [0.05, 0.1) is 13.2 Å². The topological polar surface area (TPSA) is 65.9 Å². The number of ether oxygens (including phenoxy) is 1. The first-order valence-electron chi connectivity index (χ1n) is 9.52. The highest BCUT2D eigenvalue weighted by molar-refractivity contribution is 5.79. The Balaban J connectivity index is 1.51. The lowest BCUT2D eigenvalue weighted by Crippen LogP contribution is -2.39. The van der Waals surface area contributed by atoms with E-state index in [0.29, 0.717) is 25.0 Å². The Bertz CT molecular complexity index is 555. The molecule has 0 amide bonds. The molecule has 1 aromatic carbocycles. The maximum absolute atomic E-state index is 9.35. The summed E-state index contributed by atoms with van der Waals surface area (Å²) in [5.41, 5.74) is 1.45. The molecule has 3 rings (SSSR count). The number of guanidine groups is 1. The van der Waals surface area contributed by atoms with Gasteiger partial charge in [0.25, 0.3) is 0 Å². The van der Waals surface area contributed by atoms with Crippen LogP contribution in [0.2, 0.25) is 0 Å². The summed E-state index contributed by atoms with van der Waals surface area (Å²) in [6, 6.07) is 10.8. The summed E-state index contributed by atoms with van der Waals surface area (Å²) in [7, 11) is 0. The van der Waals surface area contributed by atoms with Crippen molar-refractivity contribution in [3.63, 3.8) is 0 Å². The largest absolute Gasteiger partial charge is 0.396 e. The third-order valence-corrected chi connectivity index (χ3v) is 5.43. The van der Waals surface area contributed by atoms with Gasteiger partial charge >= 0.3 is 0 Å². The number of aliphatic hydroxyl groups is 1. The van der Waals surface area contributed by atoms with Crippen molar-refractivity contribution in [2.45, 2.75) is 32.1 Å². The van der Waals surface area contributed by atoms with Gasteiger partial charge in [-0.25, -0.2) is 0 Å². The SMILES string of the molecule is CCNC(=NCC1(CCO)CCOC1)NCC1CC1c1ccccc1. The second-order valence-electron chi connectivity index (χ2n) is 7.37. The molecule has 3 unspecified atom stereocenters. The summed E-state index contributed by atoms with van der Waals surface area (Å²) in [4.78, 5) is 4.79. The zero-order valence-electron chi connectivity index (χ0n) is 15.2. The summed E-state index contributed by atoms with van der Waals surface area (Å²) in [5, 5.41) is 16.2. The summed E-state index contributed by atoms with van der Waals surface area (Å²) >= 11 is 0. The van der Waals surface area contributed by atoms with Crippen molar-refractivity contribution in [3.05, 3.63) is 35.9 Å². The number of hydrogen-bond donors (Lipinski definition) is 3. The molecule has 1 aliphatic heterocycles. The standard InChI is InChI=1S/C20H31N3O2/c1-2-21-19(23-14-20(8-10-24)9-11-25-15-20)22-13-17-12-18(17)16-6-4-3-5-7-16/h3-7,17-18,24H,2,8-15H2,1H3,(H2,21,22,23). The van der Waals surface area contributed by atoms with Gasteiger partial charge in [-0.1, -0.05) is 30.3 Å². The molecule has 3 N–H and O–H groups in total. The molecule has 25 heavy (non-hydrogen) atoms. The lowest BCUT2D eigenvalue weighted by atomic mass is 9.84. The fourth-order valence-corrected chi connectivity index (χ4v) is 3.69. The monoisotopic (exact) mass is 345 g/mol. The van der Waals surface area contributed by atoms with Crippen molar-refractivity contribution in [3.8, 4) is 0 Å². The molecule has 0 radical (unpaired) electrons. The van der Waals surface area contributed by atoms with E-state index in [1.807, 2.05) is 0 Å². The number of benzene rings is 1. The minimum atomic E-state index is 0.00323. The highest BCUT2D eigenvalue weighted by Crippen LogP contribution is 2.46. The zero-order valence-corrected chi connectivity index (χ0v) is 15.2. The fraction of sp³-hybridized carbons (Fsp3) is 0.650. The normalized spacial score (nSPS) is 28.8. The molecule has 1 saturated carbocycles. The minimum absolute atomic E-state index is 0.00323. The average Bonchev–Trinajstić information content (AvgIpc) is 3.28. The molecule has 1 saturated heterocycles. The number of aliphatic imine (C=N–C) groups is 1. The van der Waals surface area contributed by atoms with Crippen molar-refractivity contribution in [1.82, 2.24) is 10.6 Å². The van der Waals surface area contributed by atoms with E-state index >= 15 is 0 Å². The third-order valence-electron chi connectivity index (χ3n) is 5.43. The second kappa shape index (κ2) is 8.68. The van der Waals surface area contributed by atoms with Crippen molar-refractivity contribution < 1.29 is 9.84 Å². The van der Waals surface area contributed by atoms with Gasteiger partial charge in [-0.3, -0.25) is 4.99 Å². The summed E-state index contributed by atoms with van der Waals surface area (Å²) < 4.78 is 5.56. The Labute approximate surface area is 150 Å². The van der Waals surface area contributed by atoms with Crippen LogP contribution in [0.3, 0.4) is 0 Å². The van der Waals surface area contributed by atoms with Crippen LogP contribution in [0.4, 0.5) is 0 Å². The molecule has 5 heteroatoms. The maximum atomic E-state index is 9.35. The van der Waals surface area contributed by atoms with Crippen molar-refractivity contribution >= 4 is 5.96 Å². The first kappa shape index (κ1) is 18.2. The van der Waals surface area contributed by atoms with Gasteiger partial charge in [0.2, 0.25) is 0 Å². The molecule has 1 aliphatic carbocycles. The van der Waals surface area contributed by atoms with E-state index in [0.717, 1.165) is 38.5 Å². The number of hydrogen-bond acceptors (Lipinski definition) is 3. The van der Waals surface area contributed by atoms with E-state index in [2.05, 4.69) is 47.9 Å². The van der Waals surface area contributed by atoms with E-state index in [1.54, 1.807) is 0 Å². The van der Waals surface area contributed by atoms with Crippen LogP contribution in [-0.2, 0) is 4.74 Å². The van der Waals surface area contributed by atoms with Gasteiger partial charge in [-0.15, -0.1) is 0 Å². The molecule has 0 aromatic heterocycles. The third kappa shape index (κ3) is 4.95. The minimum Gasteiger partial charge on any atom is -0.396 e. The van der Waals surface area contributed by atoms with E-state index in [4.69, 9.17) is 9.73 Å². The van der Waals surface area contributed by atoms with Crippen molar-refractivity contribution in [1.29, 1.82) is 0 Å². The number of nitrogens with zero attached hydrogens (tertiary/aromatic N) is 1. The highest BCUT2D eigenvalue weighted by Gasteiger charge is 2.38.